The zero-order valence-corrected chi connectivity index (χ0v) is 15.1. The fraction of sp³-hybridized carbons (Fsp3) is 0.556. The van der Waals surface area contributed by atoms with E-state index < -0.39 is 55.6 Å². The largest absolute Gasteiger partial charge is 0.402 e. The van der Waals surface area contributed by atoms with Crippen molar-refractivity contribution in [1.82, 2.24) is 4.72 Å². The van der Waals surface area contributed by atoms with Crippen molar-refractivity contribution in [3.63, 3.8) is 0 Å². The Morgan fingerprint density at radius 3 is 1.96 bits per heavy atom. The lowest BCUT2D eigenvalue weighted by Crippen LogP contribution is -2.54. The van der Waals surface area contributed by atoms with Crippen molar-refractivity contribution in [1.29, 1.82) is 0 Å². The normalized spacial score (nSPS) is 15.4. The Balaban J connectivity index is 3.31. The minimum absolute atomic E-state index is 0.126. The smallest absolute Gasteiger partial charge is 0.264 e. The van der Waals surface area contributed by atoms with Crippen LogP contribution in [-0.2, 0) is 24.6 Å². The maximum Gasteiger partial charge on any atom is 0.402 e. The fourth-order valence-electron chi connectivity index (χ4n) is 1.70. The molecular formula is C9H8ClF6NO6S3. The number of sulfonamides is 1. The van der Waals surface area contributed by atoms with Gasteiger partial charge in [-0.3, -0.25) is 4.55 Å². The van der Waals surface area contributed by atoms with Gasteiger partial charge in [-0.05, 0) is 12.1 Å². The van der Waals surface area contributed by atoms with Crippen LogP contribution in [0.1, 0.15) is 0 Å². The maximum atomic E-state index is 12.8. The predicted molar refractivity (Wildman–Crippen MR) is 76.5 cm³/mol. The first-order valence-electron chi connectivity index (χ1n) is 5.96. The molecule has 0 aliphatic heterocycles. The summed E-state index contributed by atoms with van der Waals surface area (Å²) in [6, 6.07) is -1.32. The number of hydrogen-bond acceptors (Lipinski definition) is 6. The molecule has 1 heterocycles. The van der Waals surface area contributed by atoms with Crippen LogP contribution < -0.4 is 4.72 Å². The van der Waals surface area contributed by atoms with E-state index in [1.165, 1.54) is 0 Å². The third-order valence-electron chi connectivity index (χ3n) is 2.62. The van der Waals surface area contributed by atoms with Gasteiger partial charge < -0.3 is 0 Å². The van der Waals surface area contributed by atoms with E-state index in [0.29, 0.717) is 11.3 Å². The Bertz CT molecular complexity index is 819. The van der Waals surface area contributed by atoms with Crippen LogP contribution in [0.5, 0.6) is 0 Å². The van der Waals surface area contributed by atoms with Gasteiger partial charge in [0, 0.05) is 0 Å². The number of thiophene rings is 1. The van der Waals surface area contributed by atoms with Gasteiger partial charge in [-0.2, -0.15) is 34.8 Å². The molecule has 1 aromatic heterocycles. The summed E-state index contributed by atoms with van der Waals surface area (Å²) < 4.78 is 134. The van der Waals surface area contributed by atoms with E-state index in [0.717, 1.165) is 16.9 Å². The summed E-state index contributed by atoms with van der Waals surface area (Å²) in [4.78, 5) is 0. The van der Waals surface area contributed by atoms with Crippen LogP contribution in [0, 0.1) is 5.92 Å². The van der Waals surface area contributed by atoms with Crippen molar-refractivity contribution in [3.05, 3.63) is 16.5 Å². The minimum atomic E-state index is -6.01. The lowest BCUT2D eigenvalue weighted by Gasteiger charge is -2.30. The van der Waals surface area contributed by atoms with Crippen LogP contribution in [0.2, 0.25) is 4.34 Å². The van der Waals surface area contributed by atoms with Crippen LogP contribution in [0.3, 0.4) is 0 Å². The molecule has 1 unspecified atom stereocenters. The minimum Gasteiger partial charge on any atom is -0.264 e. The first-order valence-corrected chi connectivity index (χ1v) is 10.0. The Hall–Kier alpha value is -0.650. The summed E-state index contributed by atoms with van der Waals surface area (Å²) in [5, 5.41) is 0. The van der Waals surface area contributed by atoms with E-state index in [-0.39, 0.29) is 4.34 Å². The van der Waals surface area contributed by atoms with E-state index >= 15 is 0 Å². The van der Waals surface area contributed by atoms with E-state index in [9.17, 15) is 43.2 Å². The van der Waals surface area contributed by atoms with Crippen molar-refractivity contribution >= 4 is 43.4 Å². The molecule has 0 amide bonds. The Labute approximate surface area is 151 Å². The zero-order valence-electron chi connectivity index (χ0n) is 11.9. The van der Waals surface area contributed by atoms with Crippen molar-refractivity contribution in [2.45, 2.75) is 22.6 Å². The number of halogens is 7. The number of nitrogens with one attached hydrogen (secondary N) is 1. The predicted octanol–water partition coefficient (Wildman–Crippen LogP) is 2.61. The second-order valence-electron chi connectivity index (χ2n) is 4.56. The molecule has 0 bridgehead atoms. The average molecular weight is 472 g/mol. The van der Waals surface area contributed by atoms with Crippen LogP contribution in [0.25, 0.3) is 0 Å². The summed E-state index contributed by atoms with van der Waals surface area (Å²) in [7, 11) is -10.4. The molecule has 0 saturated heterocycles. The SMILES string of the molecule is O=S(=O)(O)OCC(NS(=O)(=O)c1ccc(Cl)s1)C(C(F)(F)F)C(F)(F)F. The van der Waals surface area contributed by atoms with Gasteiger partial charge in [0.1, 0.15) is 4.21 Å². The standard InChI is InChI=1S/C9H8ClF6NO6S3/c10-5-1-2-6(24-5)25(18,19)17-4(3-23-26(20,21)22)7(8(11,12)13)9(14,15)16/h1-2,4,7,17H,3H2,(H,20,21,22). The van der Waals surface area contributed by atoms with Gasteiger partial charge in [-0.1, -0.05) is 11.6 Å². The van der Waals surface area contributed by atoms with Crippen LogP contribution in [-0.4, -0.2) is 46.4 Å². The molecule has 0 saturated carbocycles. The number of alkyl halides is 6. The summed E-state index contributed by atoms with van der Waals surface area (Å²) in [5.74, 6) is -4.32. The molecule has 7 nitrogen and oxygen atoms in total. The molecule has 0 radical (unpaired) electrons. The van der Waals surface area contributed by atoms with Crippen molar-refractivity contribution < 1.29 is 51.9 Å². The number of hydrogen-bond donors (Lipinski definition) is 2. The van der Waals surface area contributed by atoms with Gasteiger partial charge >= 0.3 is 22.8 Å². The molecule has 0 aliphatic rings. The molecule has 1 aromatic rings. The third-order valence-corrected chi connectivity index (χ3v) is 6.27. The van der Waals surface area contributed by atoms with Crippen molar-refractivity contribution in [2.75, 3.05) is 6.61 Å². The highest BCUT2D eigenvalue weighted by atomic mass is 35.5. The quantitative estimate of drug-likeness (QED) is 0.467. The summed E-state index contributed by atoms with van der Waals surface area (Å²) in [6.07, 6.45) is -12.0. The molecular weight excluding hydrogens is 464 g/mol. The second kappa shape index (κ2) is 7.76. The average Bonchev–Trinajstić information content (AvgIpc) is 2.79. The van der Waals surface area contributed by atoms with Gasteiger partial charge in [-0.25, -0.2) is 17.3 Å². The highest BCUT2D eigenvalue weighted by Crippen LogP contribution is 2.42. The Morgan fingerprint density at radius 2 is 1.62 bits per heavy atom. The van der Waals surface area contributed by atoms with Gasteiger partial charge in [-0.15, -0.1) is 11.3 Å². The third kappa shape index (κ3) is 6.82. The first-order chi connectivity index (χ1) is 11.4. The maximum absolute atomic E-state index is 12.8. The van der Waals surface area contributed by atoms with E-state index in [1.54, 1.807) is 0 Å². The molecule has 1 rings (SSSR count). The molecule has 0 spiro atoms. The molecule has 0 fully saturated rings. The molecule has 0 aromatic carbocycles. The van der Waals surface area contributed by atoms with Crippen LogP contribution >= 0.6 is 22.9 Å². The Morgan fingerprint density at radius 1 is 1.12 bits per heavy atom. The van der Waals surface area contributed by atoms with Gasteiger partial charge in [0.25, 0.3) is 0 Å². The number of rotatable bonds is 7. The summed E-state index contributed by atoms with van der Waals surface area (Å²) >= 11 is 5.79. The zero-order chi connectivity index (χ0) is 20.6. The molecule has 152 valence electrons. The topological polar surface area (TPSA) is 110 Å². The van der Waals surface area contributed by atoms with Crippen LogP contribution in [0.4, 0.5) is 26.3 Å². The fourth-order valence-corrected chi connectivity index (χ4v) is 4.75. The Kier molecular flexibility index (Phi) is 6.99. The van der Waals surface area contributed by atoms with Gasteiger partial charge in [0.2, 0.25) is 10.0 Å². The van der Waals surface area contributed by atoms with E-state index in [1.807, 2.05) is 0 Å². The van der Waals surface area contributed by atoms with Crippen LogP contribution in [0.15, 0.2) is 16.3 Å². The van der Waals surface area contributed by atoms with Crippen molar-refractivity contribution in [3.8, 4) is 0 Å². The lowest BCUT2D eigenvalue weighted by molar-refractivity contribution is -0.291. The highest BCUT2D eigenvalue weighted by Gasteiger charge is 2.61. The summed E-state index contributed by atoms with van der Waals surface area (Å²) in [5.41, 5.74) is 0. The molecule has 26 heavy (non-hydrogen) atoms. The summed E-state index contributed by atoms with van der Waals surface area (Å²) in [6.45, 7) is -1.97. The lowest BCUT2D eigenvalue weighted by atomic mass is 10.00. The first kappa shape index (κ1) is 23.4. The second-order valence-corrected chi connectivity index (χ2v) is 9.31. The molecule has 1 atom stereocenters. The van der Waals surface area contributed by atoms with Gasteiger partial charge in [0.05, 0.1) is 17.0 Å². The van der Waals surface area contributed by atoms with Crippen molar-refractivity contribution in [2.24, 2.45) is 5.92 Å². The van der Waals surface area contributed by atoms with E-state index in [4.69, 9.17) is 16.2 Å². The monoisotopic (exact) mass is 471 g/mol. The van der Waals surface area contributed by atoms with Gasteiger partial charge in [0.15, 0.2) is 5.92 Å². The molecule has 2 N–H and O–H groups in total. The highest BCUT2D eigenvalue weighted by molar-refractivity contribution is 7.91. The van der Waals surface area contributed by atoms with E-state index in [2.05, 4.69) is 4.18 Å². The molecule has 0 aliphatic carbocycles. The molecule has 17 heteroatoms.